The molecule has 1 aromatic heterocycles. The highest BCUT2D eigenvalue weighted by Gasteiger charge is 2.19. The molecule has 1 aromatic carbocycles. The van der Waals surface area contributed by atoms with Crippen LogP contribution in [0.1, 0.15) is 23.7 Å². The number of rotatable bonds is 10. The molecule has 0 atom stereocenters. The summed E-state index contributed by atoms with van der Waals surface area (Å²) in [7, 11) is 1.54. The maximum atomic E-state index is 12.8. The summed E-state index contributed by atoms with van der Waals surface area (Å²) >= 11 is 0. The third-order valence-electron chi connectivity index (χ3n) is 3.56. The van der Waals surface area contributed by atoms with E-state index in [9.17, 15) is 9.59 Å². The van der Waals surface area contributed by atoms with Gasteiger partial charge in [-0.25, -0.2) is 0 Å². The summed E-state index contributed by atoms with van der Waals surface area (Å²) in [6, 6.07) is 8.36. The Bertz CT molecular complexity index is 703. The first kappa shape index (κ1) is 19.5. The van der Waals surface area contributed by atoms with Crippen molar-refractivity contribution in [1.82, 2.24) is 10.1 Å². The second kappa shape index (κ2) is 10.2. The molecule has 1 heterocycles. The minimum atomic E-state index is -0.355. The number of carbonyl (C=O) groups excluding carboxylic acids is 2. The van der Waals surface area contributed by atoms with Gasteiger partial charge in [0, 0.05) is 31.4 Å². The lowest BCUT2D eigenvalue weighted by molar-refractivity contribution is -0.117. The van der Waals surface area contributed by atoms with Gasteiger partial charge < -0.3 is 24.2 Å². The molecule has 0 radical (unpaired) electrons. The van der Waals surface area contributed by atoms with Gasteiger partial charge in [-0.2, -0.15) is 0 Å². The molecule has 0 saturated carbocycles. The van der Waals surface area contributed by atoms with Crippen molar-refractivity contribution in [1.29, 1.82) is 0 Å². The van der Waals surface area contributed by atoms with Crippen LogP contribution in [-0.4, -0.2) is 55.3 Å². The van der Waals surface area contributed by atoms with Crippen molar-refractivity contribution in [3.05, 3.63) is 42.2 Å². The number of carbonyl (C=O) groups is 2. The topological polar surface area (TPSA) is 93.9 Å². The van der Waals surface area contributed by atoms with Crippen molar-refractivity contribution in [3.8, 4) is 5.75 Å². The van der Waals surface area contributed by atoms with Gasteiger partial charge in [0.2, 0.25) is 5.91 Å². The molecule has 8 heteroatoms. The van der Waals surface area contributed by atoms with E-state index in [0.717, 1.165) is 0 Å². The largest absolute Gasteiger partial charge is 0.497 e. The minimum absolute atomic E-state index is 0.102. The number of nitrogens with zero attached hydrogens (tertiary/aromatic N) is 2. The Kier molecular flexibility index (Phi) is 7.63. The fourth-order valence-corrected chi connectivity index (χ4v) is 2.33. The van der Waals surface area contributed by atoms with Gasteiger partial charge in [0.05, 0.1) is 7.11 Å². The molecule has 2 aromatic rings. The number of anilines is 1. The van der Waals surface area contributed by atoms with E-state index in [1.165, 1.54) is 24.3 Å². The van der Waals surface area contributed by atoms with Crippen LogP contribution in [-0.2, 0) is 9.53 Å². The summed E-state index contributed by atoms with van der Waals surface area (Å²) in [4.78, 5) is 26.5. The number of hydrogen-bond acceptors (Lipinski definition) is 6. The molecule has 8 nitrogen and oxygen atoms in total. The highest BCUT2D eigenvalue weighted by atomic mass is 16.5. The van der Waals surface area contributed by atoms with Crippen molar-refractivity contribution in [2.45, 2.75) is 13.3 Å². The number of benzene rings is 1. The van der Waals surface area contributed by atoms with Gasteiger partial charge in [-0.3, -0.25) is 9.59 Å². The first-order chi connectivity index (χ1) is 12.6. The average Bonchev–Trinajstić information content (AvgIpc) is 3.16. The summed E-state index contributed by atoms with van der Waals surface area (Å²) < 4.78 is 15.2. The van der Waals surface area contributed by atoms with E-state index in [-0.39, 0.29) is 18.4 Å². The van der Waals surface area contributed by atoms with Gasteiger partial charge in [0.25, 0.3) is 5.91 Å². The number of aromatic nitrogens is 1. The maximum absolute atomic E-state index is 12.8. The number of hydrogen-bond donors (Lipinski definition) is 1. The number of methoxy groups -OCH3 is 1. The van der Waals surface area contributed by atoms with E-state index in [2.05, 4.69) is 15.0 Å². The fourth-order valence-electron chi connectivity index (χ4n) is 2.33. The Morgan fingerprint density at radius 1 is 1.31 bits per heavy atom. The summed E-state index contributed by atoms with van der Waals surface area (Å²) in [5.41, 5.74) is 0.454. The summed E-state index contributed by atoms with van der Waals surface area (Å²) in [6.07, 6.45) is 1.98. The Hall–Kier alpha value is -2.87. The molecule has 0 aliphatic rings. The number of ether oxygens (including phenoxy) is 2. The molecule has 0 spiro atoms. The zero-order valence-electron chi connectivity index (χ0n) is 14.9. The maximum Gasteiger partial charge on any atom is 0.254 e. The first-order valence-electron chi connectivity index (χ1n) is 8.35. The van der Waals surface area contributed by atoms with Crippen LogP contribution in [0, 0.1) is 0 Å². The van der Waals surface area contributed by atoms with Gasteiger partial charge >= 0.3 is 0 Å². The summed E-state index contributed by atoms with van der Waals surface area (Å²) in [6.45, 7) is 3.32. The summed E-state index contributed by atoms with van der Waals surface area (Å²) in [5.74, 6) is 0.275. The zero-order valence-corrected chi connectivity index (χ0v) is 14.9. The van der Waals surface area contributed by atoms with Gasteiger partial charge in [-0.15, -0.1) is 0 Å². The predicted octanol–water partition coefficient (Wildman–Crippen LogP) is 2.19. The second-order valence-corrected chi connectivity index (χ2v) is 5.44. The molecule has 26 heavy (non-hydrogen) atoms. The number of amides is 2. The smallest absolute Gasteiger partial charge is 0.254 e. The molecule has 0 bridgehead atoms. The van der Waals surface area contributed by atoms with Gasteiger partial charge in [0.1, 0.15) is 18.6 Å². The van der Waals surface area contributed by atoms with Gasteiger partial charge in [-0.05, 0) is 31.5 Å². The molecule has 1 N–H and O–H groups in total. The second-order valence-electron chi connectivity index (χ2n) is 5.44. The number of nitrogens with one attached hydrogen (secondary N) is 1. The van der Waals surface area contributed by atoms with Crippen molar-refractivity contribution < 1.29 is 23.6 Å². The lowest BCUT2D eigenvalue weighted by atomic mass is 10.2. The van der Waals surface area contributed by atoms with Gasteiger partial charge in [0.15, 0.2) is 5.82 Å². The van der Waals surface area contributed by atoms with Crippen LogP contribution in [0.3, 0.4) is 0 Å². The van der Waals surface area contributed by atoms with Crippen LogP contribution in [0.25, 0.3) is 0 Å². The molecule has 2 rings (SSSR count). The average molecular weight is 361 g/mol. The van der Waals surface area contributed by atoms with E-state index < -0.39 is 0 Å². The van der Waals surface area contributed by atoms with Crippen molar-refractivity contribution in [3.63, 3.8) is 0 Å². The monoisotopic (exact) mass is 361 g/mol. The molecule has 0 saturated heterocycles. The van der Waals surface area contributed by atoms with E-state index in [1.807, 2.05) is 6.92 Å². The van der Waals surface area contributed by atoms with E-state index in [1.54, 1.807) is 24.3 Å². The van der Waals surface area contributed by atoms with Crippen LogP contribution >= 0.6 is 0 Å². The molecule has 0 aliphatic heterocycles. The van der Waals surface area contributed by atoms with Crippen LogP contribution in [0.4, 0.5) is 5.82 Å². The third-order valence-corrected chi connectivity index (χ3v) is 3.56. The lowest BCUT2D eigenvalue weighted by Crippen LogP contribution is -2.39. The molecule has 0 unspecified atom stereocenters. The van der Waals surface area contributed by atoms with Gasteiger partial charge in [-0.1, -0.05) is 11.2 Å². The molecule has 140 valence electrons. The Morgan fingerprint density at radius 3 is 2.85 bits per heavy atom. The van der Waals surface area contributed by atoms with Crippen molar-refractivity contribution >= 4 is 17.6 Å². The quantitative estimate of drug-likeness (QED) is 0.652. The summed E-state index contributed by atoms with van der Waals surface area (Å²) in [5, 5.41) is 6.22. The minimum Gasteiger partial charge on any atom is -0.497 e. The van der Waals surface area contributed by atoms with E-state index in [4.69, 9.17) is 9.47 Å². The molecule has 0 aliphatic carbocycles. The third kappa shape index (κ3) is 5.89. The standard InChI is InChI=1S/C18H23N3O5/c1-3-25-10-5-9-21(13-17(22)19-16-8-11-26-20-16)18(23)14-6-4-7-15(12-14)24-2/h4,6-8,11-12H,3,5,9-10,13H2,1-2H3,(H,19,20,22). The van der Waals surface area contributed by atoms with Crippen LogP contribution in [0.15, 0.2) is 41.1 Å². The molecule has 0 fully saturated rings. The highest BCUT2D eigenvalue weighted by molar-refractivity contribution is 5.99. The predicted molar refractivity (Wildman–Crippen MR) is 95.1 cm³/mol. The normalized spacial score (nSPS) is 10.4. The Labute approximate surface area is 152 Å². The van der Waals surface area contributed by atoms with Crippen LogP contribution < -0.4 is 10.1 Å². The molecular formula is C18H23N3O5. The van der Waals surface area contributed by atoms with E-state index in [0.29, 0.717) is 43.3 Å². The van der Waals surface area contributed by atoms with E-state index >= 15 is 0 Å². The van der Waals surface area contributed by atoms with Crippen molar-refractivity contribution in [2.75, 3.05) is 38.7 Å². The zero-order chi connectivity index (χ0) is 18.8. The van der Waals surface area contributed by atoms with Crippen LogP contribution in [0.5, 0.6) is 5.75 Å². The molecule has 2 amide bonds. The Morgan fingerprint density at radius 2 is 2.15 bits per heavy atom. The lowest BCUT2D eigenvalue weighted by Gasteiger charge is -2.22. The Balaban J connectivity index is 2.05. The molecular weight excluding hydrogens is 338 g/mol. The van der Waals surface area contributed by atoms with Crippen molar-refractivity contribution in [2.24, 2.45) is 0 Å². The first-order valence-corrected chi connectivity index (χ1v) is 8.35. The highest BCUT2D eigenvalue weighted by Crippen LogP contribution is 2.15. The fraction of sp³-hybridized carbons (Fsp3) is 0.389. The SMILES string of the molecule is CCOCCCN(CC(=O)Nc1ccon1)C(=O)c1cccc(OC)c1. The van der Waals surface area contributed by atoms with Crippen LogP contribution in [0.2, 0.25) is 0 Å².